The summed E-state index contributed by atoms with van der Waals surface area (Å²) in [6.07, 6.45) is 0.759. The van der Waals surface area contributed by atoms with Crippen LogP contribution in [-0.4, -0.2) is 49.5 Å². The summed E-state index contributed by atoms with van der Waals surface area (Å²) < 4.78 is 32.7. The van der Waals surface area contributed by atoms with E-state index in [-0.39, 0.29) is 17.0 Å². The monoisotopic (exact) mass is 338 g/mol. The lowest BCUT2D eigenvalue weighted by Gasteiger charge is -2.42. The average molecular weight is 338 g/mol. The number of sulfonamides is 1. The number of hydrogen-bond acceptors (Lipinski definition) is 5. The smallest absolute Gasteiger partial charge is 0.218 e. The molecule has 0 unspecified atom stereocenters. The number of rotatable bonds is 3. The van der Waals surface area contributed by atoms with Gasteiger partial charge in [0.05, 0.1) is 24.0 Å². The van der Waals surface area contributed by atoms with Gasteiger partial charge in [-0.25, -0.2) is 8.42 Å². The van der Waals surface area contributed by atoms with Gasteiger partial charge in [-0.05, 0) is 24.1 Å². The quantitative estimate of drug-likeness (QED) is 0.837. The zero-order chi connectivity index (χ0) is 15.6. The van der Waals surface area contributed by atoms with E-state index in [9.17, 15) is 8.42 Å². The van der Waals surface area contributed by atoms with E-state index in [1.807, 2.05) is 6.07 Å². The fourth-order valence-corrected chi connectivity index (χ4v) is 6.31. The molecular weight excluding hydrogens is 320 g/mol. The van der Waals surface area contributed by atoms with Crippen LogP contribution in [-0.2, 0) is 20.5 Å². The largest absolute Gasteiger partial charge is 0.380 e. The molecule has 2 aliphatic rings. The predicted octanol–water partition coefficient (Wildman–Crippen LogP) is 1.59. The predicted molar refractivity (Wildman–Crippen MR) is 86.0 cm³/mol. The molecule has 5 nitrogen and oxygen atoms in total. The number of benzene rings is 1. The summed E-state index contributed by atoms with van der Waals surface area (Å²) in [5.41, 5.74) is 1.16. The molecule has 3 rings (SSSR count). The molecule has 0 aliphatic carbocycles. The zero-order valence-electron chi connectivity index (χ0n) is 12.1. The molecule has 2 fully saturated rings. The number of nitriles is 1. The van der Waals surface area contributed by atoms with Gasteiger partial charge in [0.2, 0.25) is 10.0 Å². The van der Waals surface area contributed by atoms with Gasteiger partial charge in [-0.15, -0.1) is 0 Å². The summed E-state index contributed by atoms with van der Waals surface area (Å²) in [6.45, 7) is 1.81. The average Bonchev–Trinajstić information content (AvgIpc) is 2.54. The van der Waals surface area contributed by atoms with Crippen molar-refractivity contribution in [1.82, 2.24) is 4.31 Å². The van der Waals surface area contributed by atoms with Crippen LogP contribution >= 0.6 is 11.8 Å². The third-order valence-electron chi connectivity index (χ3n) is 4.05. The van der Waals surface area contributed by atoms with E-state index in [4.69, 9.17) is 10.00 Å². The fraction of sp³-hybridized carbons (Fsp3) is 0.533. The second-order valence-corrected chi connectivity index (χ2v) is 8.79. The molecule has 22 heavy (non-hydrogen) atoms. The lowest BCUT2D eigenvalue weighted by atomic mass is 10.1. The molecule has 1 aromatic carbocycles. The zero-order valence-corrected chi connectivity index (χ0v) is 13.8. The lowest BCUT2D eigenvalue weighted by molar-refractivity contribution is 0.0625. The fourth-order valence-electron chi connectivity index (χ4n) is 3.02. The number of thioether (sulfide) groups is 1. The Labute approximate surface area is 135 Å². The van der Waals surface area contributed by atoms with Crippen LogP contribution in [0.25, 0.3) is 0 Å². The van der Waals surface area contributed by atoms with Crippen molar-refractivity contribution in [3.63, 3.8) is 0 Å². The van der Waals surface area contributed by atoms with Crippen molar-refractivity contribution in [2.24, 2.45) is 0 Å². The number of ether oxygens (including phenoxy) is 1. The molecule has 0 N–H and O–H groups in total. The molecule has 118 valence electrons. The highest BCUT2D eigenvalue weighted by Gasteiger charge is 2.40. The van der Waals surface area contributed by atoms with Crippen LogP contribution in [0.2, 0.25) is 0 Å². The van der Waals surface area contributed by atoms with Crippen LogP contribution in [0.15, 0.2) is 24.3 Å². The second kappa shape index (κ2) is 6.59. The van der Waals surface area contributed by atoms with E-state index >= 15 is 0 Å². The Morgan fingerprint density at radius 1 is 1.45 bits per heavy atom. The van der Waals surface area contributed by atoms with Gasteiger partial charge in [-0.2, -0.15) is 21.3 Å². The van der Waals surface area contributed by atoms with Crippen LogP contribution < -0.4 is 0 Å². The van der Waals surface area contributed by atoms with Gasteiger partial charge in [0.15, 0.2) is 0 Å². The minimum absolute atomic E-state index is 0.0386. The van der Waals surface area contributed by atoms with Gasteiger partial charge < -0.3 is 4.74 Å². The normalized spacial score (nSPS) is 26.1. The third-order valence-corrected chi connectivity index (χ3v) is 7.21. The van der Waals surface area contributed by atoms with E-state index < -0.39 is 10.0 Å². The Balaban J connectivity index is 1.80. The number of hydrogen-bond donors (Lipinski definition) is 0. The summed E-state index contributed by atoms with van der Waals surface area (Å²) in [4.78, 5) is 0. The first-order chi connectivity index (χ1) is 10.6. The van der Waals surface area contributed by atoms with Gasteiger partial charge in [0.25, 0.3) is 0 Å². The molecule has 0 spiro atoms. The molecule has 2 atom stereocenters. The van der Waals surface area contributed by atoms with Crippen LogP contribution in [0.3, 0.4) is 0 Å². The van der Waals surface area contributed by atoms with Crippen molar-refractivity contribution in [3.05, 3.63) is 35.4 Å². The standard InChI is InChI=1S/C15H18N2O3S2/c16-9-12-2-1-3-13(8-12)11-22(18,19)17-5-7-21-15-10-20-6-4-14(15)17/h1-3,8,14-15H,4-7,10-11H2/t14-,15+/m1/s1. The summed E-state index contributed by atoms with van der Waals surface area (Å²) in [5, 5.41) is 9.18. The molecule has 1 aromatic rings. The summed E-state index contributed by atoms with van der Waals surface area (Å²) in [6, 6.07) is 8.91. The maximum absolute atomic E-state index is 12.8. The van der Waals surface area contributed by atoms with Crippen LogP contribution in [0.4, 0.5) is 0 Å². The highest BCUT2D eigenvalue weighted by atomic mass is 32.2. The summed E-state index contributed by atoms with van der Waals surface area (Å²) >= 11 is 1.81. The SMILES string of the molecule is N#Cc1cccc(CS(=O)(=O)N2CCS[C@H]3COCC[C@H]32)c1. The van der Waals surface area contributed by atoms with Gasteiger partial charge in [-0.3, -0.25) is 0 Å². The second-order valence-electron chi connectivity index (χ2n) is 5.52. The molecule has 2 saturated heterocycles. The number of nitrogens with zero attached hydrogens (tertiary/aromatic N) is 2. The molecular formula is C15H18N2O3S2. The maximum Gasteiger partial charge on any atom is 0.218 e. The molecule has 0 bridgehead atoms. The first kappa shape index (κ1) is 15.8. The summed E-state index contributed by atoms with van der Waals surface area (Å²) in [7, 11) is -3.38. The minimum Gasteiger partial charge on any atom is -0.380 e. The van der Waals surface area contributed by atoms with Crippen molar-refractivity contribution in [1.29, 1.82) is 5.26 Å². The van der Waals surface area contributed by atoms with Crippen molar-refractivity contribution >= 4 is 21.8 Å². The van der Waals surface area contributed by atoms with E-state index in [1.54, 1.807) is 40.3 Å². The summed E-state index contributed by atoms with van der Waals surface area (Å²) in [5.74, 6) is 0.763. The van der Waals surface area contributed by atoms with Crippen LogP contribution in [0.1, 0.15) is 17.5 Å². The van der Waals surface area contributed by atoms with Crippen LogP contribution in [0.5, 0.6) is 0 Å². The Hall–Kier alpha value is -1.07. The molecule has 0 saturated carbocycles. The van der Waals surface area contributed by atoms with Gasteiger partial charge >= 0.3 is 0 Å². The molecule has 0 amide bonds. The molecule has 2 aliphatic heterocycles. The maximum atomic E-state index is 12.8. The van der Waals surface area contributed by atoms with E-state index in [2.05, 4.69) is 0 Å². The molecule has 2 heterocycles. The van der Waals surface area contributed by atoms with Gasteiger partial charge in [-0.1, -0.05) is 12.1 Å². The van der Waals surface area contributed by atoms with Crippen molar-refractivity contribution in [3.8, 4) is 6.07 Å². The lowest BCUT2D eigenvalue weighted by Crippen LogP contribution is -2.54. The van der Waals surface area contributed by atoms with Crippen molar-refractivity contribution in [2.45, 2.75) is 23.5 Å². The molecule has 7 heteroatoms. The molecule has 0 radical (unpaired) electrons. The third kappa shape index (κ3) is 3.30. The number of fused-ring (bicyclic) bond motifs is 1. The Morgan fingerprint density at radius 3 is 3.14 bits per heavy atom. The first-order valence-corrected chi connectivity index (χ1v) is 9.94. The van der Waals surface area contributed by atoms with Crippen LogP contribution in [0, 0.1) is 11.3 Å². The van der Waals surface area contributed by atoms with Crippen molar-refractivity contribution < 1.29 is 13.2 Å². The van der Waals surface area contributed by atoms with E-state index in [1.165, 1.54) is 0 Å². The van der Waals surface area contributed by atoms with Gasteiger partial charge in [0, 0.05) is 30.2 Å². The van der Waals surface area contributed by atoms with Crippen molar-refractivity contribution in [2.75, 3.05) is 25.5 Å². The Kier molecular flexibility index (Phi) is 4.73. The van der Waals surface area contributed by atoms with E-state index in [0.717, 1.165) is 12.2 Å². The molecule has 0 aromatic heterocycles. The Bertz CT molecular complexity index is 682. The van der Waals surface area contributed by atoms with Gasteiger partial charge in [0.1, 0.15) is 0 Å². The Morgan fingerprint density at radius 2 is 2.32 bits per heavy atom. The highest BCUT2D eigenvalue weighted by Crippen LogP contribution is 2.32. The highest BCUT2D eigenvalue weighted by molar-refractivity contribution is 8.00. The van der Waals surface area contributed by atoms with E-state index in [0.29, 0.717) is 30.9 Å². The minimum atomic E-state index is -3.38. The first-order valence-electron chi connectivity index (χ1n) is 7.28. The topological polar surface area (TPSA) is 70.4 Å².